The monoisotopic (exact) mass is 273 g/mol. The van der Waals surface area contributed by atoms with Gasteiger partial charge in [0.05, 0.1) is 6.54 Å². The summed E-state index contributed by atoms with van der Waals surface area (Å²) >= 11 is 5.06. The molecule has 4 N–H and O–H groups in total. The summed E-state index contributed by atoms with van der Waals surface area (Å²) in [6, 6.07) is 11.6. The van der Waals surface area contributed by atoms with Gasteiger partial charge >= 0.3 is 0 Å². The molecule has 1 amide bonds. The molecule has 0 unspecified atom stereocenters. The Bertz CT molecular complexity index is 654. The molecule has 2 aromatic carbocycles. The summed E-state index contributed by atoms with van der Waals surface area (Å²) in [4.78, 5) is 13.2. The molecule has 0 aromatic heterocycles. The van der Waals surface area contributed by atoms with Crippen LogP contribution in [-0.2, 0) is 4.79 Å². The Morgan fingerprint density at radius 2 is 1.79 bits per heavy atom. The molecular formula is C14H15N3OS. The number of hydrogen-bond acceptors (Lipinski definition) is 3. The molecule has 0 saturated heterocycles. The summed E-state index contributed by atoms with van der Waals surface area (Å²) < 4.78 is 0. The van der Waals surface area contributed by atoms with Crippen molar-refractivity contribution in [2.45, 2.75) is 0 Å². The molecule has 0 aliphatic heterocycles. The van der Waals surface area contributed by atoms with Crippen molar-refractivity contribution in [3.63, 3.8) is 0 Å². The summed E-state index contributed by atoms with van der Waals surface area (Å²) in [6.07, 6.45) is 0. The molecule has 0 aliphatic rings. The topological polar surface area (TPSA) is 72.3 Å². The fraction of sp³-hybridized carbons (Fsp3) is 0.143. The fourth-order valence-electron chi connectivity index (χ4n) is 2.15. The van der Waals surface area contributed by atoms with Crippen molar-refractivity contribution in [1.29, 1.82) is 0 Å². The first-order valence-corrected chi connectivity index (χ1v) is 6.22. The molecule has 0 atom stereocenters. The third-order valence-electron chi connectivity index (χ3n) is 2.97. The minimum atomic E-state index is -0.370. The Morgan fingerprint density at radius 1 is 1.16 bits per heavy atom. The van der Waals surface area contributed by atoms with Gasteiger partial charge in [-0.25, -0.2) is 0 Å². The second-order valence-corrected chi connectivity index (χ2v) is 4.80. The van der Waals surface area contributed by atoms with E-state index in [9.17, 15) is 4.79 Å². The largest absolute Gasteiger partial charge is 0.389 e. The van der Waals surface area contributed by atoms with E-state index >= 15 is 0 Å². The van der Waals surface area contributed by atoms with Crippen LogP contribution in [0.4, 0.5) is 5.69 Å². The van der Waals surface area contributed by atoms with Crippen LogP contribution < -0.4 is 16.4 Å². The van der Waals surface area contributed by atoms with E-state index in [1.54, 1.807) is 0 Å². The van der Waals surface area contributed by atoms with Gasteiger partial charge in [-0.2, -0.15) is 0 Å². The number of nitrogens with zero attached hydrogens (tertiary/aromatic N) is 1. The highest BCUT2D eigenvalue weighted by molar-refractivity contribution is 7.80. The first-order chi connectivity index (χ1) is 9.00. The average molecular weight is 273 g/mol. The molecule has 5 heteroatoms. The van der Waals surface area contributed by atoms with Gasteiger partial charge in [0, 0.05) is 23.7 Å². The zero-order valence-electron chi connectivity index (χ0n) is 10.6. The van der Waals surface area contributed by atoms with Crippen LogP contribution >= 0.6 is 12.2 Å². The van der Waals surface area contributed by atoms with Gasteiger partial charge in [0.1, 0.15) is 4.99 Å². The molecule has 0 radical (unpaired) electrons. The SMILES string of the molecule is CN(CC(N)=O)c1ccc(C(N)=S)c2ccccc12. The number of carbonyl (C=O) groups excluding carboxylic acids is 1. The van der Waals surface area contributed by atoms with E-state index in [1.165, 1.54) is 0 Å². The van der Waals surface area contributed by atoms with Crippen LogP contribution in [0.1, 0.15) is 5.56 Å². The van der Waals surface area contributed by atoms with Crippen LogP contribution in [0, 0.1) is 0 Å². The number of carbonyl (C=O) groups is 1. The molecule has 0 heterocycles. The van der Waals surface area contributed by atoms with Crippen molar-refractivity contribution >= 4 is 39.6 Å². The highest BCUT2D eigenvalue weighted by Gasteiger charge is 2.11. The number of nitrogens with two attached hydrogens (primary N) is 2. The molecule has 98 valence electrons. The molecule has 19 heavy (non-hydrogen) atoms. The molecular weight excluding hydrogens is 258 g/mol. The first kappa shape index (κ1) is 13.3. The van der Waals surface area contributed by atoms with E-state index in [1.807, 2.05) is 48.3 Å². The van der Waals surface area contributed by atoms with Gasteiger partial charge in [0.2, 0.25) is 5.91 Å². The van der Waals surface area contributed by atoms with Crippen molar-refractivity contribution in [2.75, 3.05) is 18.5 Å². The van der Waals surface area contributed by atoms with Gasteiger partial charge in [0.15, 0.2) is 0 Å². The average Bonchev–Trinajstić information content (AvgIpc) is 2.36. The Kier molecular flexibility index (Phi) is 3.66. The summed E-state index contributed by atoms with van der Waals surface area (Å²) in [5.74, 6) is -0.370. The predicted molar refractivity (Wildman–Crippen MR) is 82.3 cm³/mol. The van der Waals surface area contributed by atoms with E-state index in [4.69, 9.17) is 23.7 Å². The molecule has 0 saturated carbocycles. The lowest BCUT2D eigenvalue weighted by Crippen LogP contribution is -2.30. The maximum absolute atomic E-state index is 11.0. The highest BCUT2D eigenvalue weighted by atomic mass is 32.1. The van der Waals surface area contributed by atoms with Gasteiger partial charge in [-0.3, -0.25) is 4.79 Å². The van der Waals surface area contributed by atoms with Gasteiger partial charge in [-0.15, -0.1) is 0 Å². The fourth-order valence-corrected chi connectivity index (χ4v) is 2.33. The van der Waals surface area contributed by atoms with E-state index < -0.39 is 0 Å². The van der Waals surface area contributed by atoms with E-state index in [2.05, 4.69) is 0 Å². The third-order valence-corrected chi connectivity index (χ3v) is 3.19. The van der Waals surface area contributed by atoms with E-state index in [0.717, 1.165) is 22.0 Å². The van der Waals surface area contributed by atoms with Gasteiger partial charge < -0.3 is 16.4 Å². The predicted octanol–water partition coefficient (Wildman–Crippen LogP) is 1.40. The molecule has 0 bridgehead atoms. The number of benzene rings is 2. The second-order valence-electron chi connectivity index (χ2n) is 4.36. The molecule has 2 aromatic rings. The minimum absolute atomic E-state index is 0.163. The lowest BCUT2D eigenvalue weighted by Gasteiger charge is -2.20. The third kappa shape index (κ3) is 2.66. The zero-order valence-corrected chi connectivity index (χ0v) is 11.4. The van der Waals surface area contributed by atoms with Crippen molar-refractivity contribution in [2.24, 2.45) is 11.5 Å². The number of fused-ring (bicyclic) bond motifs is 1. The molecule has 0 aliphatic carbocycles. The standard InChI is InChI=1S/C14H15N3OS/c1-17(8-13(15)18)12-7-6-11(14(16)19)9-4-2-3-5-10(9)12/h2-7H,8H2,1H3,(H2,15,18)(H2,16,19). The summed E-state index contributed by atoms with van der Waals surface area (Å²) in [5.41, 5.74) is 12.7. The normalized spacial score (nSPS) is 10.4. The maximum atomic E-state index is 11.0. The molecule has 2 rings (SSSR count). The van der Waals surface area contributed by atoms with Crippen LogP contribution in [0.15, 0.2) is 36.4 Å². The summed E-state index contributed by atoms with van der Waals surface area (Å²) in [5, 5.41) is 1.97. The minimum Gasteiger partial charge on any atom is -0.389 e. The Morgan fingerprint density at radius 3 is 2.37 bits per heavy atom. The summed E-state index contributed by atoms with van der Waals surface area (Å²) in [6.45, 7) is 0.163. The second kappa shape index (κ2) is 5.24. The van der Waals surface area contributed by atoms with Gasteiger partial charge in [-0.1, -0.05) is 36.5 Å². The smallest absolute Gasteiger partial charge is 0.236 e. The Labute approximate surface area is 117 Å². The van der Waals surface area contributed by atoms with Crippen LogP contribution in [0.5, 0.6) is 0 Å². The van der Waals surface area contributed by atoms with Crippen molar-refractivity contribution in [1.82, 2.24) is 0 Å². The van der Waals surface area contributed by atoms with Crippen molar-refractivity contribution < 1.29 is 4.79 Å². The molecule has 4 nitrogen and oxygen atoms in total. The molecule has 0 fully saturated rings. The van der Waals surface area contributed by atoms with E-state index in [-0.39, 0.29) is 12.5 Å². The van der Waals surface area contributed by atoms with Gasteiger partial charge in [0.25, 0.3) is 0 Å². The van der Waals surface area contributed by atoms with Crippen LogP contribution in [0.2, 0.25) is 0 Å². The number of primary amides is 1. The van der Waals surface area contributed by atoms with Crippen LogP contribution in [0.25, 0.3) is 10.8 Å². The summed E-state index contributed by atoms with van der Waals surface area (Å²) in [7, 11) is 1.83. The number of anilines is 1. The number of amides is 1. The maximum Gasteiger partial charge on any atom is 0.236 e. The van der Waals surface area contributed by atoms with Crippen molar-refractivity contribution in [3.8, 4) is 0 Å². The number of rotatable bonds is 4. The van der Waals surface area contributed by atoms with Crippen LogP contribution in [0.3, 0.4) is 0 Å². The lowest BCUT2D eigenvalue weighted by atomic mass is 10.0. The van der Waals surface area contributed by atoms with E-state index in [0.29, 0.717) is 4.99 Å². The zero-order chi connectivity index (χ0) is 14.0. The quantitative estimate of drug-likeness (QED) is 0.826. The Hall–Kier alpha value is -2.14. The lowest BCUT2D eigenvalue weighted by molar-refractivity contribution is -0.116. The van der Waals surface area contributed by atoms with Crippen LogP contribution in [-0.4, -0.2) is 24.5 Å². The van der Waals surface area contributed by atoms with Crippen molar-refractivity contribution in [3.05, 3.63) is 42.0 Å². The Balaban J connectivity index is 2.61. The highest BCUT2D eigenvalue weighted by Crippen LogP contribution is 2.28. The number of thiocarbonyl (C=S) groups is 1. The number of likely N-dealkylation sites (N-methyl/N-ethyl adjacent to an activating group) is 1. The van der Waals surface area contributed by atoms with Gasteiger partial charge in [-0.05, 0) is 17.5 Å². The molecule has 0 spiro atoms. The number of hydrogen-bond donors (Lipinski definition) is 2. The first-order valence-electron chi connectivity index (χ1n) is 5.81.